The van der Waals surface area contributed by atoms with E-state index in [1.165, 1.54) is 6.07 Å². The van der Waals surface area contributed by atoms with Gasteiger partial charge in [-0.2, -0.15) is 5.10 Å². The molecule has 0 unspecified atom stereocenters. The number of aromatic nitrogens is 4. The number of nitrogens with one attached hydrogen (secondary N) is 1. The van der Waals surface area contributed by atoms with E-state index in [1.54, 1.807) is 9.25 Å². The maximum atomic E-state index is 13.9. The molecule has 2 heterocycles. The van der Waals surface area contributed by atoms with Crippen LogP contribution in [0.25, 0.3) is 11.0 Å². The molecule has 104 valence electrons. The van der Waals surface area contributed by atoms with Gasteiger partial charge in [-0.25, -0.2) is 8.78 Å². The molecule has 0 aliphatic rings. The Morgan fingerprint density at radius 2 is 2.10 bits per heavy atom. The van der Waals surface area contributed by atoms with Gasteiger partial charge in [0.05, 0.1) is 11.2 Å². The minimum Gasteiger partial charge on any atom is -0.330 e. The first-order valence-corrected chi connectivity index (χ1v) is 6.52. The number of aromatic amines is 1. The van der Waals surface area contributed by atoms with Crippen molar-refractivity contribution in [1.29, 1.82) is 0 Å². The second kappa shape index (κ2) is 4.82. The predicted molar refractivity (Wildman–Crippen MR) is 74.0 cm³/mol. The molecule has 0 saturated carbocycles. The molecule has 7 heteroatoms. The maximum Gasteiger partial charge on any atom is 0.184 e. The third kappa shape index (κ3) is 2.14. The lowest BCUT2D eigenvalue weighted by Crippen LogP contribution is -2.04. The van der Waals surface area contributed by atoms with E-state index in [-0.39, 0.29) is 5.52 Å². The van der Waals surface area contributed by atoms with Crippen molar-refractivity contribution in [3.05, 3.63) is 46.5 Å². The van der Waals surface area contributed by atoms with Crippen LogP contribution in [0.4, 0.5) is 8.78 Å². The standard InChI is InChI=1S/C13H12F2N4S/c1-18-6-4-8(17-18)5-7-19-12-10(16-13(19)20)3-2-9(14)11(12)15/h2-4,6H,5,7H2,1H3,(H,16,20). The van der Waals surface area contributed by atoms with E-state index in [4.69, 9.17) is 12.2 Å². The highest BCUT2D eigenvalue weighted by molar-refractivity contribution is 7.71. The van der Waals surface area contributed by atoms with Gasteiger partial charge in [-0.05, 0) is 30.4 Å². The smallest absolute Gasteiger partial charge is 0.184 e. The minimum atomic E-state index is -0.879. The molecule has 0 radical (unpaired) electrons. The van der Waals surface area contributed by atoms with Gasteiger partial charge < -0.3 is 9.55 Å². The second-order valence-electron chi connectivity index (χ2n) is 4.57. The lowest BCUT2D eigenvalue weighted by atomic mass is 10.2. The molecule has 0 amide bonds. The van der Waals surface area contributed by atoms with Crippen molar-refractivity contribution < 1.29 is 8.78 Å². The van der Waals surface area contributed by atoms with Gasteiger partial charge in [0.15, 0.2) is 16.4 Å². The highest BCUT2D eigenvalue weighted by Gasteiger charge is 2.13. The third-order valence-corrected chi connectivity index (χ3v) is 3.51. The van der Waals surface area contributed by atoms with Crippen molar-refractivity contribution in [1.82, 2.24) is 19.3 Å². The van der Waals surface area contributed by atoms with Gasteiger partial charge in [0.25, 0.3) is 0 Å². The number of halogens is 2. The quantitative estimate of drug-likeness (QED) is 0.754. The fourth-order valence-electron chi connectivity index (χ4n) is 2.23. The Bertz CT molecular complexity index is 831. The molecule has 3 rings (SSSR count). The van der Waals surface area contributed by atoms with E-state index in [0.717, 1.165) is 11.8 Å². The molecule has 20 heavy (non-hydrogen) atoms. The minimum absolute atomic E-state index is 0.172. The molecule has 1 aromatic carbocycles. The Morgan fingerprint density at radius 1 is 1.30 bits per heavy atom. The lowest BCUT2D eigenvalue weighted by Gasteiger charge is -2.04. The molecule has 0 atom stereocenters. The average molecular weight is 294 g/mol. The zero-order valence-electron chi connectivity index (χ0n) is 10.7. The van der Waals surface area contributed by atoms with Gasteiger partial charge >= 0.3 is 0 Å². The molecule has 3 aromatic rings. The zero-order valence-corrected chi connectivity index (χ0v) is 11.5. The summed E-state index contributed by atoms with van der Waals surface area (Å²) >= 11 is 5.17. The zero-order chi connectivity index (χ0) is 14.3. The number of hydrogen-bond donors (Lipinski definition) is 1. The van der Waals surface area contributed by atoms with Crippen LogP contribution in [0.2, 0.25) is 0 Å². The summed E-state index contributed by atoms with van der Waals surface area (Å²) < 4.78 is 30.9. The van der Waals surface area contributed by atoms with Crippen LogP contribution in [0.5, 0.6) is 0 Å². The number of rotatable bonds is 3. The summed E-state index contributed by atoms with van der Waals surface area (Å²) in [6.07, 6.45) is 2.43. The number of fused-ring (bicyclic) bond motifs is 1. The van der Waals surface area contributed by atoms with E-state index >= 15 is 0 Å². The van der Waals surface area contributed by atoms with Gasteiger partial charge in [-0.3, -0.25) is 4.68 Å². The Morgan fingerprint density at radius 3 is 2.80 bits per heavy atom. The Hall–Kier alpha value is -2.02. The summed E-state index contributed by atoms with van der Waals surface area (Å²) in [4.78, 5) is 2.88. The van der Waals surface area contributed by atoms with Crippen LogP contribution < -0.4 is 0 Å². The number of aryl methyl sites for hydroxylation is 3. The Labute approximate surface area is 118 Å². The Kier molecular flexibility index (Phi) is 3.13. The molecular formula is C13H12F2N4S. The molecule has 0 spiro atoms. The van der Waals surface area contributed by atoms with Crippen molar-refractivity contribution in [3.63, 3.8) is 0 Å². The maximum absolute atomic E-state index is 13.9. The van der Waals surface area contributed by atoms with Crippen molar-refractivity contribution in [2.45, 2.75) is 13.0 Å². The van der Waals surface area contributed by atoms with Crippen LogP contribution >= 0.6 is 12.2 Å². The molecule has 0 aliphatic carbocycles. The highest BCUT2D eigenvalue weighted by Crippen LogP contribution is 2.20. The summed E-state index contributed by atoms with van der Waals surface area (Å²) in [5.41, 5.74) is 1.54. The first-order valence-electron chi connectivity index (χ1n) is 6.11. The topological polar surface area (TPSA) is 38.5 Å². The number of hydrogen-bond acceptors (Lipinski definition) is 2. The largest absolute Gasteiger partial charge is 0.330 e. The molecule has 2 aromatic heterocycles. The van der Waals surface area contributed by atoms with Crippen LogP contribution in [0.1, 0.15) is 5.69 Å². The third-order valence-electron chi connectivity index (χ3n) is 3.19. The number of H-pyrrole nitrogens is 1. The molecular weight excluding hydrogens is 282 g/mol. The normalized spacial score (nSPS) is 11.3. The van der Waals surface area contributed by atoms with Crippen molar-refractivity contribution in [2.24, 2.45) is 7.05 Å². The van der Waals surface area contributed by atoms with E-state index in [9.17, 15) is 8.78 Å². The van der Waals surface area contributed by atoms with Crippen LogP contribution in [-0.2, 0) is 20.0 Å². The molecule has 0 aliphatic heterocycles. The van der Waals surface area contributed by atoms with Crippen molar-refractivity contribution >= 4 is 23.3 Å². The van der Waals surface area contributed by atoms with Gasteiger partial charge in [0.2, 0.25) is 0 Å². The van der Waals surface area contributed by atoms with E-state index in [2.05, 4.69) is 10.1 Å². The van der Waals surface area contributed by atoms with Crippen molar-refractivity contribution in [2.75, 3.05) is 0 Å². The van der Waals surface area contributed by atoms with Crippen LogP contribution in [0, 0.1) is 16.4 Å². The van der Waals surface area contributed by atoms with Crippen LogP contribution in [0.15, 0.2) is 24.4 Å². The lowest BCUT2D eigenvalue weighted by molar-refractivity contribution is 0.510. The molecule has 0 fully saturated rings. The van der Waals surface area contributed by atoms with E-state index in [1.807, 2.05) is 19.3 Å². The molecule has 0 bridgehead atoms. The first-order chi connectivity index (χ1) is 9.56. The van der Waals surface area contributed by atoms with Crippen molar-refractivity contribution in [3.8, 4) is 0 Å². The number of imidazole rings is 1. The van der Waals surface area contributed by atoms with Gasteiger partial charge in [-0.1, -0.05) is 0 Å². The first kappa shape index (κ1) is 13.0. The fourth-order valence-corrected chi connectivity index (χ4v) is 2.52. The number of benzene rings is 1. The summed E-state index contributed by atoms with van der Waals surface area (Å²) in [6, 6.07) is 4.46. The SMILES string of the molecule is Cn1ccc(CCn2c(=S)[nH]c3ccc(F)c(F)c32)n1. The van der Waals surface area contributed by atoms with E-state index in [0.29, 0.717) is 23.3 Å². The molecule has 4 nitrogen and oxygen atoms in total. The van der Waals surface area contributed by atoms with Gasteiger partial charge in [0.1, 0.15) is 5.52 Å². The highest BCUT2D eigenvalue weighted by atomic mass is 32.1. The Balaban J connectivity index is 2.00. The summed E-state index contributed by atoms with van der Waals surface area (Å²) in [5.74, 6) is -1.76. The number of nitrogens with zero attached hydrogens (tertiary/aromatic N) is 3. The monoisotopic (exact) mass is 294 g/mol. The summed E-state index contributed by atoms with van der Waals surface area (Å²) in [5, 5.41) is 4.25. The molecule has 1 N–H and O–H groups in total. The average Bonchev–Trinajstić information content (AvgIpc) is 2.95. The summed E-state index contributed by atoms with van der Waals surface area (Å²) in [6.45, 7) is 0.441. The fraction of sp³-hybridized carbons (Fsp3) is 0.231. The predicted octanol–water partition coefficient (Wildman–Crippen LogP) is 2.95. The molecule has 0 saturated heterocycles. The van der Waals surface area contributed by atoms with E-state index < -0.39 is 11.6 Å². The summed E-state index contributed by atoms with van der Waals surface area (Å²) in [7, 11) is 1.83. The van der Waals surface area contributed by atoms with Crippen LogP contribution in [-0.4, -0.2) is 19.3 Å². The van der Waals surface area contributed by atoms with Gasteiger partial charge in [-0.15, -0.1) is 0 Å². The second-order valence-corrected chi connectivity index (χ2v) is 4.96. The van der Waals surface area contributed by atoms with Crippen LogP contribution in [0.3, 0.4) is 0 Å². The van der Waals surface area contributed by atoms with Gasteiger partial charge in [0, 0.05) is 26.2 Å².